The van der Waals surface area contributed by atoms with Crippen LogP contribution in [0.5, 0.6) is 5.75 Å². The van der Waals surface area contributed by atoms with Gasteiger partial charge in [-0.2, -0.15) is 11.8 Å². The highest BCUT2D eigenvalue weighted by Gasteiger charge is 2.71. The molecular weight excluding hydrogens is 368 g/mol. The molecule has 2 fully saturated rings. The van der Waals surface area contributed by atoms with E-state index in [1.165, 1.54) is 14.2 Å². The summed E-state index contributed by atoms with van der Waals surface area (Å²) in [7, 11) is 4.41. The number of hydrogen-bond donors (Lipinski definition) is 1. The molecule has 2 aliphatic heterocycles. The van der Waals surface area contributed by atoms with Crippen LogP contribution in [0.15, 0.2) is 24.3 Å². The first-order valence-corrected chi connectivity index (χ1v) is 10.2. The molecule has 2 N–H and O–H groups in total. The molecule has 146 valence electrons. The number of nitrogens with zero attached hydrogens (tertiary/aromatic N) is 1. The van der Waals surface area contributed by atoms with E-state index >= 15 is 0 Å². The van der Waals surface area contributed by atoms with E-state index in [1.54, 1.807) is 18.9 Å². The summed E-state index contributed by atoms with van der Waals surface area (Å²) in [6.45, 7) is 0. The van der Waals surface area contributed by atoms with Crippen molar-refractivity contribution in [3.05, 3.63) is 29.8 Å². The summed E-state index contributed by atoms with van der Waals surface area (Å²) in [5, 5.41) is 1.88. The van der Waals surface area contributed by atoms with E-state index in [2.05, 4.69) is 0 Å². The summed E-state index contributed by atoms with van der Waals surface area (Å²) in [6.07, 6.45) is 2.41. The van der Waals surface area contributed by atoms with Gasteiger partial charge in [0.05, 0.1) is 14.2 Å². The Balaban J connectivity index is 2.09. The van der Waals surface area contributed by atoms with E-state index in [0.29, 0.717) is 17.9 Å². The van der Waals surface area contributed by atoms with Gasteiger partial charge in [-0.05, 0) is 36.3 Å². The molecular formula is C19H25N2O5S+. The van der Waals surface area contributed by atoms with Crippen LogP contribution in [0.2, 0.25) is 0 Å². The van der Waals surface area contributed by atoms with Crippen LogP contribution in [0.4, 0.5) is 0 Å². The minimum atomic E-state index is -1.09. The number of fused-ring (bicyclic) bond motifs is 1. The topological polar surface area (TPSA) is 89.5 Å². The minimum absolute atomic E-state index is 0.239. The largest absolute Gasteiger partial charge is 0.497 e. The normalized spacial score (nSPS) is 29.8. The third-order valence-electron chi connectivity index (χ3n) is 5.78. The van der Waals surface area contributed by atoms with Gasteiger partial charge in [-0.25, -0.2) is 4.79 Å². The Morgan fingerprint density at radius 1 is 1.22 bits per heavy atom. The van der Waals surface area contributed by atoms with Crippen LogP contribution in [0, 0.1) is 11.8 Å². The zero-order valence-corrected chi connectivity index (χ0v) is 16.7. The Bertz CT molecular complexity index is 753. The summed E-state index contributed by atoms with van der Waals surface area (Å²) in [4.78, 5) is 39.8. The SMILES string of the molecule is COC(=O)[C@]1(CCSC)[NH2+][C@@H](c2ccc(OC)cc2)[C@H]2C(=O)N(C)C(=O)[C@@H]21. The molecule has 0 spiro atoms. The van der Waals surface area contributed by atoms with Crippen molar-refractivity contribution in [1.82, 2.24) is 4.90 Å². The summed E-state index contributed by atoms with van der Waals surface area (Å²) >= 11 is 1.60. The van der Waals surface area contributed by atoms with E-state index in [1.807, 2.05) is 35.8 Å². The Morgan fingerprint density at radius 2 is 1.89 bits per heavy atom. The number of ether oxygens (including phenoxy) is 2. The Labute approximate surface area is 162 Å². The zero-order valence-electron chi connectivity index (χ0n) is 15.9. The highest BCUT2D eigenvalue weighted by atomic mass is 32.2. The average Bonchev–Trinajstić information content (AvgIpc) is 3.16. The van der Waals surface area contributed by atoms with E-state index < -0.39 is 23.3 Å². The van der Waals surface area contributed by atoms with Crippen LogP contribution in [-0.4, -0.2) is 61.5 Å². The molecule has 2 heterocycles. The maximum Gasteiger partial charge on any atom is 0.368 e. The third-order valence-corrected chi connectivity index (χ3v) is 6.39. The highest BCUT2D eigenvalue weighted by molar-refractivity contribution is 7.98. The molecule has 0 bridgehead atoms. The van der Waals surface area contributed by atoms with Gasteiger partial charge in [0.25, 0.3) is 0 Å². The predicted octanol–water partition coefficient (Wildman–Crippen LogP) is 0.209. The van der Waals surface area contributed by atoms with Gasteiger partial charge in [-0.3, -0.25) is 14.5 Å². The number of carbonyl (C=O) groups is 3. The molecule has 2 aliphatic rings. The lowest BCUT2D eigenvalue weighted by atomic mass is 9.78. The van der Waals surface area contributed by atoms with Gasteiger partial charge < -0.3 is 14.8 Å². The maximum atomic E-state index is 12.9. The van der Waals surface area contributed by atoms with Crippen molar-refractivity contribution >= 4 is 29.5 Å². The molecule has 0 aliphatic carbocycles. The number of hydrogen-bond acceptors (Lipinski definition) is 6. The lowest BCUT2D eigenvalue weighted by Gasteiger charge is -2.28. The summed E-state index contributed by atoms with van der Waals surface area (Å²) in [6, 6.07) is 7.08. The van der Waals surface area contributed by atoms with Crippen LogP contribution in [0.3, 0.4) is 0 Å². The summed E-state index contributed by atoms with van der Waals surface area (Å²) < 4.78 is 10.3. The fourth-order valence-electron chi connectivity index (χ4n) is 4.39. The molecule has 1 aromatic rings. The standard InChI is InChI=1S/C19H24N2O5S/c1-21-16(22)13-14(17(21)23)19(9-10-27-4,18(24)26-3)20-15(13)11-5-7-12(25-2)8-6-11/h5-8,13-15,20H,9-10H2,1-4H3/p+1/t13-,14+,15-,19+/m0/s1. The number of imide groups is 1. The van der Waals surface area contributed by atoms with E-state index in [4.69, 9.17) is 9.47 Å². The number of methoxy groups -OCH3 is 2. The van der Waals surface area contributed by atoms with Crippen molar-refractivity contribution in [3.63, 3.8) is 0 Å². The van der Waals surface area contributed by atoms with Crippen LogP contribution in [-0.2, 0) is 19.1 Å². The second kappa shape index (κ2) is 7.52. The second-order valence-electron chi connectivity index (χ2n) is 6.98. The molecule has 27 heavy (non-hydrogen) atoms. The number of likely N-dealkylation sites (tertiary alicyclic amines) is 1. The third kappa shape index (κ3) is 3.00. The van der Waals surface area contributed by atoms with Crippen LogP contribution in [0.25, 0.3) is 0 Å². The van der Waals surface area contributed by atoms with E-state index in [9.17, 15) is 14.4 Å². The van der Waals surface area contributed by atoms with Gasteiger partial charge >= 0.3 is 5.97 Å². The van der Waals surface area contributed by atoms with Crippen molar-refractivity contribution in [3.8, 4) is 5.75 Å². The lowest BCUT2D eigenvalue weighted by molar-refractivity contribution is -0.734. The van der Waals surface area contributed by atoms with Gasteiger partial charge in [0.1, 0.15) is 23.6 Å². The summed E-state index contributed by atoms with van der Waals surface area (Å²) in [5.41, 5.74) is -0.206. The van der Waals surface area contributed by atoms with Gasteiger partial charge in [0.15, 0.2) is 0 Å². The highest BCUT2D eigenvalue weighted by Crippen LogP contribution is 2.45. The van der Waals surface area contributed by atoms with Crippen LogP contribution < -0.4 is 10.1 Å². The van der Waals surface area contributed by atoms with Crippen molar-refractivity contribution in [2.45, 2.75) is 18.0 Å². The number of rotatable bonds is 6. The number of benzene rings is 1. The predicted molar refractivity (Wildman–Crippen MR) is 100 cm³/mol. The first-order valence-electron chi connectivity index (χ1n) is 8.80. The van der Waals surface area contributed by atoms with Gasteiger partial charge in [-0.15, -0.1) is 0 Å². The number of amides is 2. The molecule has 1 aromatic carbocycles. The zero-order chi connectivity index (χ0) is 19.8. The van der Waals surface area contributed by atoms with E-state index in [-0.39, 0.29) is 17.9 Å². The number of carbonyl (C=O) groups excluding carboxylic acids is 3. The minimum Gasteiger partial charge on any atom is -0.497 e. The fraction of sp³-hybridized carbons (Fsp3) is 0.526. The first kappa shape index (κ1) is 19.7. The smallest absolute Gasteiger partial charge is 0.368 e. The molecule has 0 aromatic heterocycles. The Hall–Kier alpha value is -2.06. The lowest BCUT2D eigenvalue weighted by Crippen LogP contribution is -2.98. The van der Waals surface area contributed by atoms with Crippen molar-refractivity contribution in [2.75, 3.05) is 33.3 Å². The van der Waals surface area contributed by atoms with Gasteiger partial charge in [-0.1, -0.05) is 0 Å². The maximum absolute atomic E-state index is 12.9. The molecule has 7 nitrogen and oxygen atoms in total. The quantitative estimate of drug-likeness (QED) is 0.549. The van der Waals surface area contributed by atoms with E-state index in [0.717, 1.165) is 10.5 Å². The number of nitrogens with two attached hydrogens (primary N) is 1. The Kier molecular flexibility index (Phi) is 5.48. The molecule has 0 unspecified atom stereocenters. The van der Waals surface area contributed by atoms with Gasteiger partial charge in [0, 0.05) is 19.0 Å². The molecule has 0 saturated carbocycles. The second-order valence-corrected chi connectivity index (χ2v) is 7.96. The monoisotopic (exact) mass is 393 g/mol. The van der Waals surface area contributed by atoms with Crippen molar-refractivity contribution < 1.29 is 29.2 Å². The molecule has 0 radical (unpaired) electrons. The van der Waals surface area contributed by atoms with Crippen molar-refractivity contribution in [2.24, 2.45) is 11.8 Å². The molecule has 2 amide bonds. The molecule has 3 rings (SSSR count). The molecule has 4 atom stereocenters. The number of quaternary nitrogens is 1. The first-order chi connectivity index (χ1) is 12.9. The number of thioether (sulfide) groups is 1. The van der Waals surface area contributed by atoms with Crippen LogP contribution >= 0.6 is 11.8 Å². The number of esters is 1. The van der Waals surface area contributed by atoms with Gasteiger partial charge in [0.2, 0.25) is 17.4 Å². The summed E-state index contributed by atoms with van der Waals surface area (Å²) in [5.74, 6) is -0.894. The van der Waals surface area contributed by atoms with Crippen LogP contribution in [0.1, 0.15) is 18.0 Å². The average molecular weight is 393 g/mol. The molecule has 2 saturated heterocycles. The van der Waals surface area contributed by atoms with Crippen molar-refractivity contribution in [1.29, 1.82) is 0 Å². The molecule has 8 heteroatoms. The fourth-order valence-corrected chi connectivity index (χ4v) is 4.93. The Morgan fingerprint density at radius 3 is 2.44 bits per heavy atom.